The van der Waals surface area contributed by atoms with Crippen molar-refractivity contribution in [1.29, 1.82) is 0 Å². The van der Waals surface area contributed by atoms with Gasteiger partial charge in [-0.15, -0.1) is 0 Å². The highest BCUT2D eigenvalue weighted by molar-refractivity contribution is 7.90. The van der Waals surface area contributed by atoms with E-state index in [2.05, 4.69) is 12.2 Å². The lowest BCUT2D eigenvalue weighted by atomic mass is 9.87. The Kier molecular flexibility index (Phi) is 5.59. The van der Waals surface area contributed by atoms with E-state index < -0.39 is 15.9 Å². The number of hydrogen-bond acceptors (Lipinski definition) is 4. The van der Waals surface area contributed by atoms with E-state index in [0.29, 0.717) is 5.92 Å². The molecule has 1 fully saturated rings. The molecule has 0 spiro atoms. The molecule has 18 heavy (non-hydrogen) atoms. The summed E-state index contributed by atoms with van der Waals surface area (Å²) >= 11 is 0. The van der Waals surface area contributed by atoms with Gasteiger partial charge in [-0.1, -0.05) is 19.8 Å². The fourth-order valence-electron chi connectivity index (χ4n) is 2.35. The number of nitrogens with two attached hydrogens (primary N) is 1. The molecule has 0 heterocycles. The second kappa shape index (κ2) is 6.52. The predicted molar refractivity (Wildman–Crippen MR) is 71.9 cm³/mol. The van der Waals surface area contributed by atoms with Gasteiger partial charge in [0.1, 0.15) is 9.84 Å². The van der Waals surface area contributed by atoms with Crippen LogP contribution in [0.15, 0.2) is 0 Å². The Morgan fingerprint density at radius 3 is 2.67 bits per heavy atom. The van der Waals surface area contributed by atoms with Crippen LogP contribution in [0.2, 0.25) is 0 Å². The van der Waals surface area contributed by atoms with Gasteiger partial charge in [0.05, 0.1) is 11.8 Å². The molecule has 0 aromatic heterocycles. The van der Waals surface area contributed by atoms with Gasteiger partial charge in [-0.3, -0.25) is 4.79 Å². The maximum absolute atomic E-state index is 11.8. The van der Waals surface area contributed by atoms with Crippen LogP contribution in [0, 0.1) is 5.92 Å². The molecule has 0 radical (unpaired) electrons. The molecule has 3 unspecified atom stereocenters. The molecule has 0 aromatic rings. The number of amides is 1. The van der Waals surface area contributed by atoms with Crippen molar-refractivity contribution in [1.82, 2.24) is 5.32 Å². The summed E-state index contributed by atoms with van der Waals surface area (Å²) in [6.45, 7) is 2.18. The lowest BCUT2D eigenvalue weighted by Gasteiger charge is -2.28. The number of sulfone groups is 1. The molecule has 0 aliphatic heterocycles. The minimum absolute atomic E-state index is 0.0390. The first-order valence-corrected chi connectivity index (χ1v) is 8.57. The van der Waals surface area contributed by atoms with Gasteiger partial charge in [-0.2, -0.15) is 0 Å². The van der Waals surface area contributed by atoms with Crippen molar-refractivity contribution in [3.05, 3.63) is 0 Å². The second-order valence-corrected chi connectivity index (χ2v) is 7.76. The summed E-state index contributed by atoms with van der Waals surface area (Å²) in [6.07, 6.45) is 5.67. The van der Waals surface area contributed by atoms with Crippen LogP contribution in [0.3, 0.4) is 0 Å². The normalized spacial score (nSPS) is 26.6. The average molecular weight is 276 g/mol. The van der Waals surface area contributed by atoms with Gasteiger partial charge >= 0.3 is 0 Å². The number of carbonyl (C=O) groups is 1. The molecule has 1 amide bonds. The number of carbonyl (C=O) groups excluding carboxylic acids is 1. The monoisotopic (exact) mass is 276 g/mol. The standard InChI is InChI=1S/C12H24N2O3S/c1-9-4-3-5-10(8-9)14-12(15)11(13)6-7-18(2,16)17/h9-11H,3-8,13H2,1-2H3,(H,14,15). The Labute approximate surface area is 109 Å². The Balaban J connectivity index is 2.35. The van der Waals surface area contributed by atoms with E-state index in [-0.39, 0.29) is 24.1 Å². The molecular formula is C12H24N2O3S. The molecule has 1 aliphatic carbocycles. The minimum atomic E-state index is -3.05. The molecule has 106 valence electrons. The van der Waals surface area contributed by atoms with E-state index in [4.69, 9.17) is 5.73 Å². The predicted octanol–water partition coefficient (Wildman–Crippen LogP) is 0.443. The van der Waals surface area contributed by atoms with Gasteiger partial charge in [-0.05, 0) is 25.2 Å². The van der Waals surface area contributed by atoms with Crippen LogP contribution < -0.4 is 11.1 Å². The van der Waals surface area contributed by atoms with Crippen LogP contribution in [-0.4, -0.2) is 38.4 Å². The molecule has 5 nitrogen and oxygen atoms in total. The maximum Gasteiger partial charge on any atom is 0.237 e. The van der Waals surface area contributed by atoms with Crippen LogP contribution >= 0.6 is 0 Å². The van der Waals surface area contributed by atoms with Gasteiger partial charge in [0.2, 0.25) is 5.91 Å². The first kappa shape index (κ1) is 15.4. The third-order valence-corrected chi connectivity index (χ3v) is 4.40. The summed E-state index contributed by atoms with van der Waals surface area (Å²) in [5.74, 6) is 0.372. The van der Waals surface area contributed by atoms with E-state index >= 15 is 0 Å². The molecule has 0 saturated heterocycles. The van der Waals surface area contributed by atoms with Crippen LogP contribution in [0.5, 0.6) is 0 Å². The molecule has 1 saturated carbocycles. The smallest absolute Gasteiger partial charge is 0.237 e. The first-order chi connectivity index (χ1) is 8.28. The highest BCUT2D eigenvalue weighted by atomic mass is 32.2. The summed E-state index contributed by atoms with van der Waals surface area (Å²) < 4.78 is 22.0. The molecule has 0 aromatic carbocycles. The van der Waals surface area contributed by atoms with Gasteiger partial charge in [-0.25, -0.2) is 8.42 Å². The topological polar surface area (TPSA) is 89.3 Å². The zero-order valence-electron chi connectivity index (χ0n) is 11.2. The lowest BCUT2D eigenvalue weighted by molar-refractivity contribution is -0.123. The largest absolute Gasteiger partial charge is 0.352 e. The van der Waals surface area contributed by atoms with E-state index in [9.17, 15) is 13.2 Å². The van der Waals surface area contributed by atoms with Crippen molar-refractivity contribution >= 4 is 15.7 Å². The zero-order chi connectivity index (χ0) is 13.8. The van der Waals surface area contributed by atoms with E-state index in [1.54, 1.807) is 0 Å². The van der Waals surface area contributed by atoms with E-state index in [1.807, 2.05) is 0 Å². The number of hydrogen-bond donors (Lipinski definition) is 2. The third-order valence-electron chi connectivity index (χ3n) is 3.42. The van der Waals surface area contributed by atoms with Crippen molar-refractivity contribution in [2.45, 2.75) is 51.1 Å². The zero-order valence-corrected chi connectivity index (χ0v) is 12.0. The van der Waals surface area contributed by atoms with Crippen molar-refractivity contribution in [2.75, 3.05) is 12.0 Å². The molecule has 3 atom stereocenters. The molecule has 1 aliphatic rings. The molecule has 3 N–H and O–H groups in total. The maximum atomic E-state index is 11.8. The Morgan fingerprint density at radius 2 is 2.11 bits per heavy atom. The second-order valence-electron chi connectivity index (χ2n) is 5.50. The average Bonchev–Trinajstić information content (AvgIpc) is 2.24. The lowest BCUT2D eigenvalue weighted by Crippen LogP contribution is -2.47. The summed E-state index contributed by atoms with van der Waals surface area (Å²) in [6, 6.07) is -0.525. The first-order valence-electron chi connectivity index (χ1n) is 6.51. The van der Waals surface area contributed by atoms with Crippen molar-refractivity contribution in [2.24, 2.45) is 11.7 Å². The van der Waals surface area contributed by atoms with Crippen molar-refractivity contribution in [3.8, 4) is 0 Å². The number of nitrogens with one attached hydrogen (secondary N) is 1. The summed E-state index contributed by atoms with van der Waals surface area (Å²) in [7, 11) is -3.05. The molecule has 6 heteroatoms. The summed E-state index contributed by atoms with van der Waals surface area (Å²) in [4.78, 5) is 11.8. The van der Waals surface area contributed by atoms with Gasteiger partial charge in [0.15, 0.2) is 0 Å². The van der Waals surface area contributed by atoms with Gasteiger partial charge < -0.3 is 11.1 Å². The van der Waals surface area contributed by atoms with Crippen molar-refractivity contribution in [3.63, 3.8) is 0 Å². The molecule has 0 bridgehead atoms. The molecular weight excluding hydrogens is 252 g/mol. The minimum Gasteiger partial charge on any atom is -0.352 e. The number of rotatable bonds is 5. The van der Waals surface area contributed by atoms with Crippen LogP contribution in [0.4, 0.5) is 0 Å². The highest BCUT2D eigenvalue weighted by Gasteiger charge is 2.23. The Morgan fingerprint density at radius 1 is 1.44 bits per heavy atom. The van der Waals surface area contributed by atoms with E-state index in [0.717, 1.165) is 25.5 Å². The highest BCUT2D eigenvalue weighted by Crippen LogP contribution is 2.23. The van der Waals surface area contributed by atoms with Crippen molar-refractivity contribution < 1.29 is 13.2 Å². The van der Waals surface area contributed by atoms with Gasteiger partial charge in [0.25, 0.3) is 0 Å². The molecule has 1 rings (SSSR count). The van der Waals surface area contributed by atoms with Crippen LogP contribution in [-0.2, 0) is 14.6 Å². The summed E-state index contributed by atoms with van der Waals surface area (Å²) in [5, 5.41) is 2.93. The third kappa shape index (κ3) is 5.82. The Hall–Kier alpha value is -0.620. The summed E-state index contributed by atoms with van der Waals surface area (Å²) in [5.41, 5.74) is 5.70. The fourth-order valence-corrected chi connectivity index (χ4v) is 3.03. The Bertz CT molecular complexity index is 381. The fraction of sp³-hybridized carbons (Fsp3) is 0.917. The van der Waals surface area contributed by atoms with Crippen LogP contribution in [0.25, 0.3) is 0 Å². The van der Waals surface area contributed by atoms with Crippen LogP contribution in [0.1, 0.15) is 39.0 Å². The SMILES string of the molecule is CC1CCCC(NC(=O)C(N)CCS(C)(=O)=O)C1. The van der Waals surface area contributed by atoms with Gasteiger partial charge in [0, 0.05) is 12.3 Å². The quantitative estimate of drug-likeness (QED) is 0.762. The van der Waals surface area contributed by atoms with E-state index in [1.165, 1.54) is 6.42 Å².